The van der Waals surface area contributed by atoms with Crippen molar-refractivity contribution in [2.45, 2.75) is 0 Å². The molecule has 0 bridgehead atoms. The number of rotatable bonds is 3. The molecule has 3 nitrogen and oxygen atoms in total. The SMILES string of the molecule is N#CC1(CNc2cc(Br)cs2)COC1. The fraction of sp³-hybridized carbons (Fsp3) is 0.444. The molecule has 1 aromatic heterocycles. The highest BCUT2D eigenvalue weighted by Gasteiger charge is 2.38. The topological polar surface area (TPSA) is 45.0 Å². The summed E-state index contributed by atoms with van der Waals surface area (Å²) in [5.41, 5.74) is -0.309. The normalized spacial score (nSPS) is 18.3. The maximum atomic E-state index is 8.94. The summed E-state index contributed by atoms with van der Waals surface area (Å²) in [6, 6.07) is 4.31. The Morgan fingerprint density at radius 1 is 1.71 bits per heavy atom. The van der Waals surface area contributed by atoms with Crippen LogP contribution in [0.4, 0.5) is 5.00 Å². The first-order chi connectivity index (χ1) is 6.74. The number of ether oxygens (including phenoxy) is 1. The second-order valence-electron chi connectivity index (χ2n) is 3.37. The molecule has 1 saturated heterocycles. The van der Waals surface area contributed by atoms with Crippen LogP contribution in [0.15, 0.2) is 15.9 Å². The molecule has 1 aliphatic rings. The lowest BCUT2D eigenvalue weighted by molar-refractivity contribution is -0.0690. The van der Waals surface area contributed by atoms with Gasteiger partial charge in [0.1, 0.15) is 5.41 Å². The van der Waals surface area contributed by atoms with Crippen LogP contribution in [0.5, 0.6) is 0 Å². The fourth-order valence-corrected chi connectivity index (χ4v) is 2.54. The predicted octanol–water partition coefficient (Wildman–Crippen LogP) is 2.46. The average molecular weight is 273 g/mol. The Hall–Kier alpha value is -0.570. The van der Waals surface area contributed by atoms with Gasteiger partial charge in [0.15, 0.2) is 0 Å². The second kappa shape index (κ2) is 3.89. The number of hydrogen-bond acceptors (Lipinski definition) is 4. The molecule has 2 heterocycles. The van der Waals surface area contributed by atoms with Crippen molar-refractivity contribution in [1.82, 2.24) is 0 Å². The molecule has 1 aromatic rings. The minimum absolute atomic E-state index is 0.309. The zero-order valence-corrected chi connectivity index (χ0v) is 9.82. The van der Waals surface area contributed by atoms with Crippen LogP contribution in [-0.2, 0) is 4.74 Å². The molecule has 2 rings (SSSR count). The van der Waals surface area contributed by atoms with E-state index in [0.29, 0.717) is 19.8 Å². The summed E-state index contributed by atoms with van der Waals surface area (Å²) in [6.07, 6.45) is 0. The van der Waals surface area contributed by atoms with Crippen molar-refractivity contribution in [2.75, 3.05) is 25.1 Å². The molecule has 0 spiro atoms. The molecule has 1 fully saturated rings. The number of halogens is 1. The molecule has 0 atom stereocenters. The van der Waals surface area contributed by atoms with Gasteiger partial charge in [0.25, 0.3) is 0 Å². The maximum Gasteiger partial charge on any atom is 0.121 e. The molecule has 0 saturated carbocycles. The molecular formula is C9H9BrN2OS. The van der Waals surface area contributed by atoms with Crippen molar-refractivity contribution in [3.05, 3.63) is 15.9 Å². The Kier molecular flexibility index (Phi) is 2.77. The number of nitrogens with zero attached hydrogens (tertiary/aromatic N) is 1. The van der Waals surface area contributed by atoms with Crippen LogP contribution in [0.3, 0.4) is 0 Å². The van der Waals surface area contributed by atoms with Gasteiger partial charge < -0.3 is 10.1 Å². The third kappa shape index (κ3) is 1.92. The van der Waals surface area contributed by atoms with E-state index < -0.39 is 0 Å². The lowest BCUT2D eigenvalue weighted by atomic mass is 9.88. The Morgan fingerprint density at radius 2 is 2.50 bits per heavy atom. The molecule has 0 radical (unpaired) electrons. The summed E-state index contributed by atoms with van der Waals surface area (Å²) >= 11 is 5.01. The van der Waals surface area contributed by atoms with Crippen LogP contribution in [0.1, 0.15) is 0 Å². The Balaban J connectivity index is 1.91. The van der Waals surface area contributed by atoms with Crippen molar-refractivity contribution in [1.29, 1.82) is 5.26 Å². The predicted molar refractivity (Wildman–Crippen MR) is 59.4 cm³/mol. The molecule has 1 aliphatic heterocycles. The Labute approximate surface area is 94.8 Å². The lowest BCUT2D eigenvalue weighted by Gasteiger charge is -2.34. The third-order valence-corrected chi connectivity index (χ3v) is 3.81. The number of thiophene rings is 1. The highest BCUT2D eigenvalue weighted by molar-refractivity contribution is 9.10. The van der Waals surface area contributed by atoms with Crippen LogP contribution < -0.4 is 5.32 Å². The second-order valence-corrected chi connectivity index (χ2v) is 5.19. The molecule has 1 N–H and O–H groups in total. The molecular weight excluding hydrogens is 264 g/mol. The summed E-state index contributed by atoms with van der Waals surface area (Å²) in [7, 11) is 0. The van der Waals surface area contributed by atoms with Crippen LogP contribution in [0, 0.1) is 16.7 Å². The first-order valence-corrected chi connectivity index (χ1v) is 5.88. The van der Waals surface area contributed by atoms with Gasteiger partial charge in [-0.1, -0.05) is 0 Å². The quantitative estimate of drug-likeness (QED) is 0.920. The van der Waals surface area contributed by atoms with Crippen LogP contribution >= 0.6 is 27.3 Å². The van der Waals surface area contributed by atoms with E-state index in [1.165, 1.54) is 0 Å². The van der Waals surface area contributed by atoms with Gasteiger partial charge in [0.2, 0.25) is 0 Å². The monoisotopic (exact) mass is 272 g/mol. The fourth-order valence-electron chi connectivity index (χ4n) is 1.22. The van der Waals surface area contributed by atoms with Gasteiger partial charge in [-0.05, 0) is 22.0 Å². The van der Waals surface area contributed by atoms with Crippen molar-refractivity contribution >= 4 is 32.3 Å². The van der Waals surface area contributed by atoms with Gasteiger partial charge in [-0.3, -0.25) is 0 Å². The third-order valence-electron chi connectivity index (χ3n) is 2.16. The Morgan fingerprint density at radius 3 is 2.93 bits per heavy atom. The summed E-state index contributed by atoms with van der Waals surface area (Å²) in [5.74, 6) is 0. The molecule has 74 valence electrons. The number of hydrogen-bond donors (Lipinski definition) is 1. The summed E-state index contributed by atoms with van der Waals surface area (Å²) in [5, 5.41) is 15.3. The minimum atomic E-state index is -0.309. The lowest BCUT2D eigenvalue weighted by Crippen LogP contribution is -2.46. The summed E-state index contributed by atoms with van der Waals surface area (Å²) < 4.78 is 6.12. The van der Waals surface area contributed by atoms with E-state index in [0.717, 1.165) is 9.47 Å². The number of nitrogens with one attached hydrogen (secondary N) is 1. The Bertz CT molecular complexity index is 367. The van der Waals surface area contributed by atoms with Gasteiger partial charge in [0, 0.05) is 16.4 Å². The van der Waals surface area contributed by atoms with Crippen molar-refractivity contribution in [2.24, 2.45) is 5.41 Å². The number of nitriles is 1. The van der Waals surface area contributed by atoms with E-state index in [4.69, 9.17) is 10.00 Å². The van der Waals surface area contributed by atoms with Gasteiger partial charge in [-0.25, -0.2) is 0 Å². The molecule has 5 heteroatoms. The summed E-state index contributed by atoms with van der Waals surface area (Å²) in [6.45, 7) is 1.75. The zero-order valence-electron chi connectivity index (χ0n) is 7.42. The van der Waals surface area contributed by atoms with Crippen molar-refractivity contribution < 1.29 is 4.74 Å². The highest BCUT2D eigenvalue weighted by Crippen LogP contribution is 2.29. The van der Waals surface area contributed by atoms with Gasteiger partial charge in [-0.15, -0.1) is 11.3 Å². The van der Waals surface area contributed by atoms with Crippen molar-refractivity contribution in [3.63, 3.8) is 0 Å². The van der Waals surface area contributed by atoms with Gasteiger partial charge in [0.05, 0.1) is 24.3 Å². The molecule has 0 unspecified atom stereocenters. The highest BCUT2D eigenvalue weighted by atomic mass is 79.9. The van der Waals surface area contributed by atoms with Crippen molar-refractivity contribution in [3.8, 4) is 6.07 Å². The van der Waals surface area contributed by atoms with E-state index in [-0.39, 0.29) is 5.41 Å². The molecule has 14 heavy (non-hydrogen) atoms. The van der Waals surface area contributed by atoms with Gasteiger partial charge in [-0.2, -0.15) is 5.26 Å². The molecule has 0 amide bonds. The first-order valence-electron chi connectivity index (χ1n) is 4.21. The van der Waals surface area contributed by atoms with E-state index >= 15 is 0 Å². The smallest absolute Gasteiger partial charge is 0.121 e. The standard InChI is InChI=1S/C9H9BrN2OS/c10-7-1-8(14-2-7)12-4-9(3-11)5-13-6-9/h1-2,12H,4-6H2. The number of anilines is 1. The van der Waals surface area contributed by atoms with Gasteiger partial charge >= 0.3 is 0 Å². The van der Waals surface area contributed by atoms with Crippen LogP contribution in [0.2, 0.25) is 0 Å². The summed E-state index contributed by atoms with van der Waals surface area (Å²) in [4.78, 5) is 0. The molecule has 0 aromatic carbocycles. The van der Waals surface area contributed by atoms with E-state index in [1.807, 2.05) is 11.4 Å². The largest absolute Gasteiger partial charge is 0.378 e. The maximum absolute atomic E-state index is 8.94. The van der Waals surface area contributed by atoms with E-state index in [9.17, 15) is 0 Å². The zero-order chi connectivity index (χ0) is 10.0. The van der Waals surface area contributed by atoms with E-state index in [2.05, 4.69) is 27.3 Å². The average Bonchev–Trinajstić information content (AvgIpc) is 2.50. The first kappa shape index (κ1) is 9.97. The van der Waals surface area contributed by atoms with Crippen LogP contribution in [0.25, 0.3) is 0 Å². The van der Waals surface area contributed by atoms with Crippen LogP contribution in [-0.4, -0.2) is 19.8 Å². The van der Waals surface area contributed by atoms with E-state index in [1.54, 1.807) is 11.3 Å². The molecule has 0 aliphatic carbocycles. The minimum Gasteiger partial charge on any atom is -0.378 e.